The number of aromatic nitrogens is 2. The molecule has 0 unspecified atom stereocenters. The van der Waals surface area contributed by atoms with E-state index in [9.17, 15) is 0 Å². The van der Waals surface area contributed by atoms with Crippen LogP contribution in [0, 0.1) is 11.3 Å². The second-order valence-corrected chi connectivity index (χ2v) is 3.27. The first-order chi connectivity index (χ1) is 8.38. The second-order valence-electron chi connectivity index (χ2n) is 3.27. The Morgan fingerprint density at radius 2 is 1.94 bits per heavy atom. The summed E-state index contributed by atoms with van der Waals surface area (Å²) in [5, 5.41) is 8.72. The number of ether oxygens (including phenoxy) is 3. The summed E-state index contributed by atoms with van der Waals surface area (Å²) in [6, 6.07) is 2.01. The molecule has 0 bridgehead atoms. The van der Waals surface area contributed by atoms with Gasteiger partial charge >= 0.3 is 0 Å². The molecule has 1 aromatic heterocycles. The van der Waals surface area contributed by atoms with Gasteiger partial charge in [-0.1, -0.05) is 0 Å². The molecule has 1 aromatic rings. The predicted molar refractivity (Wildman–Crippen MR) is 60.5 cm³/mol. The third-order valence-corrected chi connectivity index (χ3v) is 2.10. The lowest BCUT2D eigenvalue weighted by atomic mass is 10.6. The van der Waals surface area contributed by atoms with Crippen molar-refractivity contribution in [3.8, 4) is 6.07 Å². The summed E-state index contributed by atoms with van der Waals surface area (Å²) in [6.07, 6.45) is 3.36. The van der Waals surface area contributed by atoms with E-state index >= 15 is 0 Å². The molecule has 17 heavy (non-hydrogen) atoms. The molecule has 6 nitrogen and oxygen atoms in total. The summed E-state index contributed by atoms with van der Waals surface area (Å²) in [6.45, 7) is 3.44. The van der Waals surface area contributed by atoms with Gasteiger partial charge in [-0.05, 0) is 0 Å². The summed E-state index contributed by atoms with van der Waals surface area (Å²) in [4.78, 5) is 3.89. The molecule has 0 saturated heterocycles. The van der Waals surface area contributed by atoms with Gasteiger partial charge < -0.3 is 18.8 Å². The van der Waals surface area contributed by atoms with Crippen LogP contribution in [0.15, 0.2) is 12.4 Å². The minimum atomic E-state index is 0.407. The van der Waals surface area contributed by atoms with Crippen molar-refractivity contribution >= 4 is 0 Å². The Morgan fingerprint density at radius 3 is 2.65 bits per heavy atom. The van der Waals surface area contributed by atoms with Crippen LogP contribution >= 0.6 is 0 Å². The van der Waals surface area contributed by atoms with Crippen LogP contribution in [0.4, 0.5) is 0 Å². The van der Waals surface area contributed by atoms with Gasteiger partial charge in [-0.3, -0.25) is 0 Å². The van der Waals surface area contributed by atoms with E-state index < -0.39 is 0 Å². The van der Waals surface area contributed by atoms with Gasteiger partial charge in [0.25, 0.3) is 0 Å². The molecule has 0 aliphatic heterocycles. The number of hydrogen-bond acceptors (Lipinski definition) is 5. The monoisotopic (exact) mass is 239 g/mol. The Hall–Kier alpha value is -1.42. The number of nitrogens with zero attached hydrogens (tertiary/aromatic N) is 3. The van der Waals surface area contributed by atoms with E-state index in [-0.39, 0.29) is 0 Å². The fourth-order valence-electron chi connectivity index (χ4n) is 1.23. The average molecular weight is 239 g/mol. The topological polar surface area (TPSA) is 69.3 Å². The van der Waals surface area contributed by atoms with Gasteiger partial charge in [0.2, 0.25) is 5.82 Å². The predicted octanol–water partition coefficient (Wildman–Crippen LogP) is 0.434. The van der Waals surface area contributed by atoms with Gasteiger partial charge in [0.05, 0.1) is 33.0 Å². The quantitative estimate of drug-likeness (QED) is 0.585. The van der Waals surface area contributed by atoms with Crippen molar-refractivity contribution in [2.75, 3.05) is 40.1 Å². The van der Waals surface area contributed by atoms with E-state index in [4.69, 9.17) is 19.5 Å². The fraction of sp³-hybridized carbons (Fsp3) is 0.636. The maximum absolute atomic E-state index is 8.72. The van der Waals surface area contributed by atoms with Gasteiger partial charge in [-0.2, -0.15) is 5.26 Å². The molecule has 0 amide bonds. The summed E-state index contributed by atoms with van der Waals surface area (Å²) in [5.41, 5.74) is 0. The molecule has 0 aliphatic rings. The standard InChI is InChI=1S/C11H17N3O3/c1-15-6-7-17-9-8-16-5-4-14-3-2-13-11(14)10-12/h2-3H,4-9H2,1H3. The number of hydrogen-bond donors (Lipinski definition) is 0. The third-order valence-electron chi connectivity index (χ3n) is 2.10. The zero-order chi connectivity index (χ0) is 12.3. The summed E-state index contributed by atoms with van der Waals surface area (Å²) in [7, 11) is 1.64. The van der Waals surface area contributed by atoms with Crippen LogP contribution in [0.25, 0.3) is 0 Å². The molecule has 0 saturated carbocycles. The van der Waals surface area contributed by atoms with Crippen LogP contribution < -0.4 is 0 Å². The maximum atomic E-state index is 8.72. The Bertz CT molecular complexity index is 346. The molecule has 1 rings (SSSR count). The third kappa shape index (κ3) is 5.45. The molecule has 6 heteroatoms. The zero-order valence-electron chi connectivity index (χ0n) is 9.96. The van der Waals surface area contributed by atoms with Gasteiger partial charge in [0, 0.05) is 26.0 Å². The molecule has 0 spiro atoms. The van der Waals surface area contributed by atoms with Crippen LogP contribution in [0.1, 0.15) is 5.82 Å². The lowest BCUT2D eigenvalue weighted by Crippen LogP contribution is -2.12. The van der Waals surface area contributed by atoms with Crippen LogP contribution in [0.5, 0.6) is 0 Å². The van der Waals surface area contributed by atoms with Gasteiger partial charge in [0.15, 0.2) is 0 Å². The molecule has 94 valence electrons. The van der Waals surface area contributed by atoms with Crippen LogP contribution in [-0.4, -0.2) is 49.7 Å². The largest absolute Gasteiger partial charge is 0.382 e. The van der Waals surface area contributed by atoms with E-state index in [1.54, 1.807) is 24.1 Å². The van der Waals surface area contributed by atoms with E-state index in [1.165, 1.54) is 0 Å². The van der Waals surface area contributed by atoms with Crippen LogP contribution in [0.2, 0.25) is 0 Å². The lowest BCUT2D eigenvalue weighted by Gasteiger charge is -2.06. The molecular formula is C11H17N3O3. The molecule has 0 atom stereocenters. The Kier molecular flexibility index (Phi) is 6.98. The number of imidazole rings is 1. The highest BCUT2D eigenvalue weighted by atomic mass is 16.5. The van der Waals surface area contributed by atoms with Gasteiger partial charge in [0.1, 0.15) is 6.07 Å². The van der Waals surface area contributed by atoms with Crippen molar-refractivity contribution in [3.63, 3.8) is 0 Å². The van der Waals surface area contributed by atoms with E-state index in [2.05, 4.69) is 4.98 Å². The van der Waals surface area contributed by atoms with E-state index in [0.717, 1.165) is 0 Å². The van der Waals surface area contributed by atoms with E-state index in [0.29, 0.717) is 45.4 Å². The smallest absolute Gasteiger partial charge is 0.212 e. The highest BCUT2D eigenvalue weighted by Gasteiger charge is 1.99. The van der Waals surface area contributed by atoms with Crippen molar-refractivity contribution in [2.24, 2.45) is 0 Å². The molecule has 0 aromatic carbocycles. The zero-order valence-corrected chi connectivity index (χ0v) is 9.96. The van der Waals surface area contributed by atoms with Crippen molar-refractivity contribution in [1.82, 2.24) is 9.55 Å². The lowest BCUT2D eigenvalue weighted by molar-refractivity contribution is 0.0230. The first-order valence-corrected chi connectivity index (χ1v) is 5.44. The second kappa shape index (κ2) is 8.70. The highest BCUT2D eigenvalue weighted by Crippen LogP contribution is 1.95. The summed E-state index contributed by atoms with van der Waals surface area (Å²) in [5.74, 6) is 0.407. The Balaban J connectivity index is 2.00. The minimum absolute atomic E-state index is 0.407. The van der Waals surface area contributed by atoms with Gasteiger partial charge in [-0.15, -0.1) is 0 Å². The Morgan fingerprint density at radius 1 is 1.24 bits per heavy atom. The SMILES string of the molecule is COCCOCCOCCn1ccnc1C#N. The summed E-state index contributed by atoms with van der Waals surface area (Å²) >= 11 is 0. The molecule has 1 heterocycles. The molecule has 0 aliphatic carbocycles. The van der Waals surface area contributed by atoms with Crippen molar-refractivity contribution in [3.05, 3.63) is 18.2 Å². The maximum Gasteiger partial charge on any atom is 0.212 e. The normalized spacial score (nSPS) is 10.4. The fourth-order valence-corrected chi connectivity index (χ4v) is 1.23. The first kappa shape index (κ1) is 13.6. The summed E-state index contributed by atoms with van der Waals surface area (Å²) < 4.78 is 17.2. The molecule has 0 fully saturated rings. The number of rotatable bonds is 9. The average Bonchev–Trinajstić information content (AvgIpc) is 2.80. The minimum Gasteiger partial charge on any atom is -0.382 e. The highest BCUT2D eigenvalue weighted by molar-refractivity contribution is 5.10. The van der Waals surface area contributed by atoms with Crippen molar-refractivity contribution in [1.29, 1.82) is 5.26 Å². The van der Waals surface area contributed by atoms with Crippen molar-refractivity contribution < 1.29 is 14.2 Å². The number of nitriles is 1. The molecular weight excluding hydrogens is 222 g/mol. The van der Waals surface area contributed by atoms with Crippen molar-refractivity contribution in [2.45, 2.75) is 6.54 Å². The molecule has 0 radical (unpaired) electrons. The Labute approximate surface area is 101 Å². The van der Waals surface area contributed by atoms with Crippen LogP contribution in [0.3, 0.4) is 0 Å². The van der Waals surface area contributed by atoms with Gasteiger partial charge in [-0.25, -0.2) is 4.98 Å². The first-order valence-electron chi connectivity index (χ1n) is 5.44. The molecule has 0 N–H and O–H groups in total. The number of methoxy groups -OCH3 is 1. The van der Waals surface area contributed by atoms with Crippen LogP contribution in [-0.2, 0) is 20.8 Å². The van der Waals surface area contributed by atoms with E-state index in [1.807, 2.05) is 6.07 Å².